The molecule has 0 radical (unpaired) electrons. The Bertz CT molecular complexity index is 552. The van der Waals surface area contributed by atoms with Gasteiger partial charge in [0.1, 0.15) is 11.6 Å². The molecule has 1 unspecified atom stereocenters. The zero-order valence-electron chi connectivity index (χ0n) is 10.0. The predicted octanol–water partition coefficient (Wildman–Crippen LogP) is 5.34. The Morgan fingerprint density at radius 3 is 2.32 bits per heavy atom. The van der Waals surface area contributed by atoms with Gasteiger partial charge in [-0.25, -0.2) is 8.78 Å². The number of rotatable bonds is 4. The first kappa shape index (κ1) is 14.5. The second-order valence-corrected chi connectivity index (χ2v) is 5.33. The standard InChI is InChI=1S/C15H12BrClF2/c16-9-10(11-4-1-2-6-14(11)18)8-12-13(17)5-3-7-15(12)19/h1-7,10H,8-9H2. The Hall–Kier alpha value is -0.930. The van der Waals surface area contributed by atoms with Crippen LogP contribution in [0.1, 0.15) is 17.0 Å². The van der Waals surface area contributed by atoms with Crippen LogP contribution >= 0.6 is 27.5 Å². The maximum Gasteiger partial charge on any atom is 0.127 e. The van der Waals surface area contributed by atoms with Crippen LogP contribution in [0.15, 0.2) is 42.5 Å². The minimum absolute atomic E-state index is 0.157. The molecule has 100 valence electrons. The third-order valence-corrected chi connectivity index (χ3v) is 4.18. The lowest BCUT2D eigenvalue weighted by molar-refractivity contribution is 0.574. The number of hydrogen-bond donors (Lipinski definition) is 0. The zero-order chi connectivity index (χ0) is 13.8. The highest BCUT2D eigenvalue weighted by Gasteiger charge is 2.18. The quantitative estimate of drug-likeness (QED) is 0.656. The van der Waals surface area contributed by atoms with E-state index in [-0.39, 0.29) is 17.6 Å². The minimum atomic E-state index is -0.352. The molecule has 4 heteroatoms. The zero-order valence-corrected chi connectivity index (χ0v) is 12.4. The van der Waals surface area contributed by atoms with Gasteiger partial charge in [-0.05, 0) is 30.2 Å². The fourth-order valence-electron chi connectivity index (χ4n) is 2.03. The van der Waals surface area contributed by atoms with Crippen LogP contribution in [0.2, 0.25) is 5.02 Å². The molecule has 0 aliphatic rings. The van der Waals surface area contributed by atoms with Crippen LogP contribution in [0.3, 0.4) is 0 Å². The molecule has 0 aromatic heterocycles. The first-order valence-electron chi connectivity index (χ1n) is 5.86. The van der Waals surface area contributed by atoms with Crippen LogP contribution in [0.25, 0.3) is 0 Å². The van der Waals surface area contributed by atoms with Crippen LogP contribution in [-0.2, 0) is 6.42 Å². The van der Waals surface area contributed by atoms with Gasteiger partial charge in [-0.1, -0.05) is 51.8 Å². The van der Waals surface area contributed by atoms with Crippen molar-refractivity contribution in [3.05, 3.63) is 70.2 Å². The van der Waals surface area contributed by atoms with E-state index in [9.17, 15) is 8.78 Å². The summed E-state index contributed by atoms with van der Waals surface area (Å²) in [6, 6.07) is 11.1. The molecule has 1 atom stereocenters. The fraction of sp³-hybridized carbons (Fsp3) is 0.200. The van der Waals surface area contributed by atoms with Crippen molar-refractivity contribution in [2.75, 3.05) is 5.33 Å². The van der Waals surface area contributed by atoms with Crippen LogP contribution in [0.5, 0.6) is 0 Å². The molecule has 0 saturated heterocycles. The van der Waals surface area contributed by atoms with E-state index in [1.54, 1.807) is 30.3 Å². The van der Waals surface area contributed by atoms with E-state index < -0.39 is 0 Å². The fourth-order valence-corrected chi connectivity index (χ4v) is 2.85. The summed E-state index contributed by atoms with van der Waals surface area (Å²) in [5.41, 5.74) is 0.996. The molecule has 0 saturated carbocycles. The second kappa shape index (κ2) is 6.49. The van der Waals surface area contributed by atoms with Crippen molar-refractivity contribution in [3.63, 3.8) is 0 Å². The summed E-state index contributed by atoms with van der Waals surface area (Å²) in [4.78, 5) is 0. The van der Waals surface area contributed by atoms with Gasteiger partial charge in [0.15, 0.2) is 0 Å². The molecule has 2 aromatic rings. The lowest BCUT2D eigenvalue weighted by Crippen LogP contribution is -2.08. The third kappa shape index (κ3) is 3.34. The molecule has 0 spiro atoms. The van der Waals surface area contributed by atoms with Gasteiger partial charge < -0.3 is 0 Å². The van der Waals surface area contributed by atoms with Gasteiger partial charge >= 0.3 is 0 Å². The molecule has 0 N–H and O–H groups in total. The Kier molecular flexibility index (Phi) is 4.94. The lowest BCUT2D eigenvalue weighted by Gasteiger charge is -2.16. The molecular weight excluding hydrogens is 334 g/mol. The van der Waals surface area contributed by atoms with E-state index in [0.717, 1.165) is 0 Å². The summed E-state index contributed by atoms with van der Waals surface area (Å²) in [5.74, 6) is -0.787. The van der Waals surface area contributed by atoms with E-state index in [1.807, 2.05) is 0 Å². The second-order valence-electron chi connectivity index (χ2n) is 4.28. The summed E-state index contributed by atoms with van der Waals surface area (Å²) in [6.45, 7) is 0. The number of alkyl halides is 1. The summed E-state index contributed by atoms with van der Waals surface area (Å²) < 4.78 is 27.6. The molecule has 0 bridgehead atoms. The lowest BCUT2D eigenvalue weighted by atomic mass is 9.93. The van der Waals surface area contributed by atoms with Gasteiger partial charge in [-0.2, -0.15) is 0 Å². The Morgan fingerprint density at radius 2 is 1.68 bits per heavy atom. The van der Waals surface area contributed by atoms with Gasteiger partial charge in [-0.3, -0.25) is 0 Å². The number of hydrogen-bond acceptors (Lipinski definition) is 0. The molecule has 0 aliphatic heterocycles. The van der Waals surface area contributed by atoms with E-state index in [4.69, 9.17) is 11.6 Å². The maximum atomic E-state index is 13.8. The van der Waals surface area contributed by atoms with Gasteiger partial charge in [0.05, 0.1) is 0 Å². The van der Waals surface area contributed by atoms with Gasteiger partial charge in [0.2, 0.25) is 0 Å². The summed E-state index contributed by atoms with van der Waals surface area (Å²) in [6.07, 6.45) is 0.359. The topological polar surface area (TPSA) is 0 Å². The molecule has 0 fully saturated rings. The molecule has 0 amide bonds. The first-order chi connectivity index (χ1) is 9.13. The van der Waals surface area contributed by atoms with Gasteiger partial charge in [0, 0.05) is 21.8 Å². The number of benzene rings is 2. The van der Waals surface area contributed by atoms with Crippen molar-refractivity contribution >= 4 is 27.5 Å². The molecule has 2 aromatic carbocycles. The molecule has 0 nitrogen and oxygen atoms in total. The van der Waals surface area contributed by atoms with Crippen molar-refractivity contribution in [1.82, 2.24) is 0 Å². The Morgan fingerprint density at radius 1 is 1.00 bits per heavy atom. The van der Waals surface area contributed by atoms with Crippen LogP contribution in [0.4, 0.5) is 8.78 Å². The Balaban J connectivity index is 2.32. The highest BCUT2D eigenvalue weighted by molar-refractivity contribution is 9.09. The SMILES string of the molecule is Fc1ccccc1C(CBr)Cc1c(F)cccc1Cl. The van der Waals surface area contributed by atoms with Crippen molar-refractivity contribution in [2.24, 2.45) is 0 Å². The maximum absolute atomic E-state index is 13.8. The largest absolute Gasteiger partial charge is 0.207 e. The van der Waals surface area contributed by atoms with E-state index in [0.29, 0.717) is 27.9 Å². The predicted molar refractivity (Wildman–Crippen MR) is 78.0 cm³/mol. The molecule has 19 heavy (non-hydrogen) atoms. The highest BCUT2D eigenvalue weighted by Crippen LogP contribution is 2.29. The molecular formula is C15H12BrClF2. The monoisotopic (exact) mass is 344 g/mol. The normalized spacial score (nSPS) is 12.4. The van der Waals surface area contributed by atoms with Crippen LogP contribution in [0, 0.1) is 11.6 Å². The molecule has 2 rings (SSSR count). The highest BCUT2D eigenvalue weighted by atomic mass is 79.9. The minimum Gasteiger partial charge on any atom is -0.207 e. The van der Waals surface area contributed by atoms with E-state index in [2.05, 4.69) is 15.9 Å². The van der Waals surface area contributed by atoms with Crippen molar-refractivity contribution in [1.29, 1.82) is 0 Å². The number of halogens is 4. The smallest absolute Gasteiger partial charge is 0.127 e. The van der Waals surface area contributed by atoms with Crippen LogP contribution in [-0.4, -0.2) is 5.33 Å². The summed E-state index contributed by atoms with van der Waals surface area (Å²) in [7, 11) is 0. The Labute approximate surface area is 124 Å². The van der Waals surface area contributed by atoms with Crippen LogP contribution < -0.4 is 0 Å². The van der Waals surface area contributed by atoms with Crippen molar-refractivity contribution < 1.29 is 8.78 Å². The summed E-state index contributed by atoms with van der Waals surface area (Å²) >= 11 is 9.37. The third-order valence-electron chi connectivity index (χ3n) is 3.04. The first-order valence-corrected chi connectivity index (χ1v) is 7.36. The van der Waals surface area contributed by atoms with Gasteiger partial charge in [-0.15, -0.1) is 0 Å². The van der Waals surface area contributed by atoms with Gasteiger partial charge in [0.25, 0.3) is 0 Å². The average molecular weight is 346 g/mol. The molecule has 0 heterocycles. The van der Waals surface area contributed by atoms with Crippen molar-refractivity contribution in [2.45, 2.75) is 12.3 Å². The van der Waals surface area contributed by atoms with E-state index >= 15 is 0 Å². The molecule has 0 aliphatic carbocycles. The van der Waals surface area contributed by atoms with E-state index in [1.165, 1.54) is 12.1 Å². The summed E-state index contributed by atoms with van der Waals surface area (Å²) in [5, 5.41) is 0.917. The van der Waals surface area contributed by atoms with Crippen molar-refractivity contribution in [3.8, 4) is 0 Å². The average Bonchev–Trinajstić information content (AvgIpc) is 2.40.